The smallest absolute Gasteiger partial charge is 0.283 e. The van der Waals surface area contributed by atoms with Crippen molar-refractivity contribution in [2.75, 3.05) is 51.3 Å². The highest BCUT2D eigenvalue weighted by Crippen LogP contribution is 2.42. The van der Waals surface area contributed by atoms with Crippen molar-refractivity contribution in [2.24, 2.45) is 0 Å². The maximum absolute atomic E-state index is 15.5. The number of hydrogen-bond donors (Lipinski definition) is 3. The van der Waals surface area contributed by atoms with Crippen LogP contribution in [0.4, 0.5) is 32.0 Å². The van der Waals surface area contributed by atoms with Crippen molar-refractivity contribution in [3.63, 3.8) is 0 Å². The van der Waals surface area contributed by atoms with Gasteiger partial charge in [-0.3, -0.25) is 14.2 Å². The topological polar surface area (TPSA) is 54.5 Å². The van der Waals surface area contributed by atoms with E-state index in [0.29, 0.717) is 48.2 Å². The van der Waals surface area contributed by atoms with Gasteiger partial charge >= 0.3 is 0 Å². The van der Waals surface area contributed by atoms with Gasteiger partial charge in [0.15, 0.2) is 0 Å². The number of nitrogens with zero attached hydrogens (tertiary/aromatic N) is 2. The van der Waals surface area contributed by atoms with Crippen LogP contribution in [0, 0.1) is 17.5 Å². The zero-order valence-corrected chi connectivity index (χ0v) is 20.0. The van der Waals surface area contributed by atoms with Crippen LogP contribution in [0.3, 0.4) is 0 Å². The number of hydrogen-bond acceptors (Lipinski definition) is 4. The molecule has 1 atom stereocenters. The lowest BCUT2D eigenvalue weighted by Gasteiger charge is -2.40. The molecule has 37 heavy (non-hydrogen) atoms. The normalized spacial score (nSPS) is 19.3. The van der Waals surface area contributed by atoms with Gasteiger partial charge < -0.3 is 15.4 Å². The van der Waals surface area contributed by atoms with Gasteiger partial charge in [0.05, 0.1) is 25.3 Å². The van der Waals surface area contributed by atoms with Crippen molar-refractivity contribution in [1.82, 2.24) is 14.8 Å². The molecule has 3 aromatic rings. The van der Waals surface area contributed by atoms with Crippen LogP contribution in [0.1, 0.15) is 29.3 Å². The van der Waals surface area contributed by atoms with E-state index in [-0.39, 0.29) is 24.7 Å². The molecule has 3 N–H and O–H groups in total. The molecule has 0 aliphatic carbocycles. The number of aromatic amines is 1. The number of fused-ring (bicyclic) bond motifs is 3. The summed E-state index contributed by atoms with van der Waals surface area (Å²) in [6.45, 7) is -0.831. The molecule has 1 aromatic heterocycles. The van der Waals surface area contributed by atoms with E-state index in [9.17, 15) is 17.6 Å². The average Bonchev–Trinajstić information content (AvgIpc) is 3.18. The Morgan fingerprint density at radius 2 is 1.81 bits per heavy atom. The Balaban J connectivity index is 1.48. The van der Waals surface area contributed by atoms with E-state index in [0.717, 1.165) is 12.1 Å². The van der Waals surface area contributed by atoms with E-state index in [1.807, 2.05) is 4.90 Å². The first-order valence-electron chi connectivity index (χ1n) is 12.3. The molecule has 2 aliphatic heterocycles. The third-order valence-corrected chi connectivity index (χ3v) is 7.14. The Morgan fingerprint density at radius 1 is 1.08 bits per heavy atom. The quantitative estimate of drug-likeness (QED) is 0.357. The monoisotopic (exact) mass is 526 g/mol. The van der Waals surface area contributed by atoms with Crippen LogP contribution in [0.2, 0.25) is 0 Å². The van der Waals surface area contributed by atoms with Crippen LogP contribution in [-0.2, 0) is 6.42 Å². The molecule has 0 saturated carbocycles. The van der Waals surface area contributed by atoms with Crippen LogP contribution in [0.5, 0.6) is 0 Å². The summed E-state index contributed by atoms with van der Waals surface area (Å²) >= 11 is 0. The Morgan fingerprint density at radius 3 is 2.49 bits per heavy atom. The molecule has 0 radical (unpaired) electrons. The molecule has 5 nitrogen and oxygen atoms in total. The summed E-state index contributed by atoms with van der Waals surface area (Å²) in [5.41, 5.74) is 1.29. The van der Waals surface area contributed by atoms with Crippen molar-refractivity contribution in [2.45, 2.75) is 30.8 Å². The summed E-state index contributed by atoms with van der Waals surface area (Å²) in [5, 5.41) is 12.7. The molecule has 200 valence electrons. The van der Waals surface area contributed by atoms with Crippen LogP contribution >= 0.6 is 0 Å². The van der Waals surface area contributed by atoms with Crippen LogP contribution in [-0.4, -0.2) is 77.9 Å². The van der Waals surface area contributed by atoms with Crippen molar-refractivity contribution in [1.29, 1.82) is 0 Å². The van der Waals surface area contributed by atoms with Crippen molar-refractivity contribution < 1.29 is 31.4 Å². The number of aliphatic hydroxyl groups is 1. The van der Waals surface area contributed by atoms with E-state index in [1.54, 1.807) is 0 Å². The minimum absolute atomic E-state index is 0.0341. The van der Waals surface area contributed by atoms with Crippen molar-refractivity contribution >= 4 is 16.6 Å². The molecular formula is C26H28F6N4O. The number of nitrogens with one attached hydrogen (secondary N) is 2. The predicted octanol–water partition coefficient (Wildman–Crippen LogP) is 4.62. The summed E-state index contributed by atoms with van der Waals surface area (Å²) in [5.74, 6) is -5.78. The standard InChI is InChI=1S/C26H28F6N4O/c27-5-1-6-35-11-17(12-35)33-16-9-20(29)23(21(30)10-16)25-24-18(4-7-36(25)13-26(31,32)14-37)19-8-15(28)2-3-22(19)34-24/h2-3,8-10,17,25,33-34,37H,1,4-7,11-14H2/t25-/m0/s1. The Labute approximate surface area is 210 Å². The second-order valence-corrected chi connectivity index (χ2v) is 9.84. The Hall–Kier alpha value is -2.76. The lowest BCUT2D eigenvalue weighted by atomic mass is 9.91. The fourth-order valence-electron chi connectivity index (χ4n) is 5.45. The average molecular weight is 527 g/mol. The lowest BCUT2D eigenvalue weighted by molar-refractivity contribution is -0.0791. The number of halogens is 6. The number of rotatable bonds is 9. The molecule has 0 bridgehead atoms. The van der Waals surface area contributed by atoms with Gasteiger partial charge in [-0.2, -0.15) is 0 Å². The molecule has 11 heteroatoms. The molecule has 0 spiro atoms. The van der Waals surface area contributed by atoms with Gasteiger partial charge in [-0.1, -0.05) is 0 Å². The number of H-pyrrole nitrogens is 1. The van der Waals surface area contributed by atoms with Crippen LogP contribution < -0.4 is 5.32 Å². The summed E-state index contributed by atoms with van der Waals surface area (Å²) in [6, 6.07) is 5.07. The highest BCUT2D eigenvalue weighted by molar-refractivity contribution is 5.85. The van der Waals surface area contributed by atoms with Gasteiger partial charge in [0, 0.05) is 54.0 Å². The zero-order valence-electron chi connectivity index (χ0n) is 20.0. The van der Waals surface area contributed by atoms with E-state index < -0.39 is 54.8 Å². The second-order valence-electron chi connectivity index (χ2n) is 9.84. The van der Waals surface area contributed by atoms with Crippen molar-refractivity contribution in [3.8, 4) is 0 Å². The van der Waals surface area contributed by atoms with Gasteiger partial charge in [0.2, 0.25) is 0 Å². The number of alkyl halides is 3. The number of benzene rings is 2. The predicted molar refractivity (Wildman–Crippen MR) is 128 cm³/mol. The highest BCUT2D eigenvalue weighted by atomic mass is 19.3. The fourth-order valence-corrected chi connectivity index (χ4v) is 5.45. The second kappa shape index (κ2) is 10.2. The minimum atomic E-state index is -3.49. The zero-order chi connectivity index (χ0) is 26.3. The third kappa shape index (κ3) is 5.17. The Kier molecular flexibility index (Phi) is 7.12. The molecule has 0 amide bonds. The molecule has 0 unspecified atom stereocenters. The maximum Gasteiger partial charge on any atom is 0.283 e. The van der Waals surface area contributed by atoms with Crippen molar-refractivity contribution in [3.05, 3.63) is 64.6 Å². The summed E-state index contributed by atoms with van der Waals surface area (Å²) in [7, 11) is 0. The van der Waals surface area contributed by atoms with Gasteiger partial charge in [-0.15, -0.1) is 0 Å². The van der Waals surface area contributed by atoms with Gasteiger partial charge in [0.1, 0.15) is 24.1 Å². The van der Waals surface area contributed by atoms with E-state index in [2.05, 4.69) is 10.3 Å². The summed E-state index contributed by atoms with van der Waals surface area (Å²) < 4.78 is 85.9. The molecule has 2 aromatic carbocycles. The van der Waals surface area contributed by atoms with E-state index in [1.165, 1.54) is 23.1 Å². The first kappa shape index (κ1) is 25.9. The van der Waals surface area contributed by atoms with Crippen LogP contribution in [0.15, 0.2) is 30.3 Å². The summed E-state index contributed by atoms with van der Waals surface area (Å²) in [6.07, 6.45) is 0.695. The maximum atomic E-state index is 15.5. The molecule has 1 fully saturated rings. The Bertz CT molecular complexity index is 1250. The molecule has 2 aliphatic rings. The minimum Gasteiger partial charge on any atom is -0.390 e. The number of aromatic nitrogens is 1. The molecule has 5 rings (SSSR count). The van der Waals surface area contributed by atoms with Crippen LogP contribution in [0.25, 0.3) is 10.9 Å². The third-order valence-electron chi connectivity index (χ3n) is 7.14. The molecule has 3 heterocycles. The van der Waals surface area contributed by atoms with E-state index >= 15 is 8.78 Å². The van der Waals surface area contributed by atoms with E-state index in [4.69, 9.17) is 5.11 Å². The number of anilines is 1. The first-order valence-corrected chi connectivity index (χ1v) is 12.3. The first-order chi connectivity index (χ1) is 17.7. The number of likely N-dealkylation sites (tertiary alicyclic amines) is 1. The van der Waals surface area contributed by atoms with Gasteiger partial charge in [-0.05, 0) is 48.7 Å². The highest BCUT2D eigenvalue weighted by Gasteiger charge is 2.41. The van der Waals surface area contributed by atoms with Gasteiger partial charge in [-0.25, -0.2) is 22.0 Å². The largest absolute Gasteiger partial charge is 0.390 e. The lowest BCUT2D eigenvalue weighted by Crippen LogP contribution is -2.54. The SMILES string of the molecule is OCC(F)(F)CN1CCc2c([nH]c3ccc(F)cc23)[C@@H]1c1c(F)cc(NC2CN(CCCF)C2)cc1F. The summed E-state index contributed by atoms with van der Waals surface area (Å²) in [4.78, 5) is 6.34. The number of aliphatic hydroxyl groups excluding tert-OH is 1. The molecule has 1 saturated heterocycles. The molecular weight excluding hydrogens is 498 g/mol. The fraction of sp³-hybridized carbons (Fsp3) is 0.462. The van der Waals surface area contributed by atoms with Gasteiger partial charge in [0.25, 0.3) is 5.92 Å².